The zero-order chi connectivity index (χ0) is 20.4. The number of rotatable bonds is 9. The Kier molecular flexibility index (Phi) is 9.20. The molecule has 0 amide bonds. The predicted octanol–water partition coefficient (Wildman–Crippen LogP) is 2.50. The Morgan fingerprint density at radius 3 is 2.29 bits per heavy atom. The summed E-state index contributed by atoms with van der Waals surface area (Å²) in [6, 6.07) is 3.76. The molecule has 0 unspecified atom stereocenters. The molecule has 1 aromatic carbocycles. The van der Waals surface area contributed by atoms with Crippen LogP contribution in [0.2, 0.25) is 0 Å². The first kappa shape index (κ1) is 22.1. The summed E-state index contributed by atoms with van der Waals surface area (Å²) in [5.74, 6) is 3.74. The Hall–Kier alpha value is -2.15. The molecule has 1 aliphatic heterocycles. The Morgan fingerprint density at radius 1 is 1.04 bits per heavy atom. The highest BCUT2D eigenvalue weighted by molar-refractivity contribution is 5.79. The van der Waals surface area contributed by atoms with Crippen LogP contribution in [0.5, 0.6) is 17.2 Å². The largest absolute Gasteiger partial charge is 0.496 e. The second-order valence-corrected chi connectivity index (χ2v) is 7.25. The van der Waals surface area contributed by atoms with Gasteiger partial charge in [0.1, 0.15) is 5.75 Å². The quantitative estimate of drug-likeness (QED) is 0.382. The molecule has 0 radical (unpaired) electrons. The Morgan fingerprint density at radius 2 is 1.68 bits per heavy atom. The summed E-state index contributed by atoms with van der Waals surface area (Å²) in [5, 5.41) is 6.73. The average molecular weight is 393 g/mol. The zero-order valence-electron chi connectivity index (χ0n) is 18.0. The standard InChI is InChI=1S/C21H36N4O3/c1-16-7-11-25(12-8-16)10-6-9-23-21(22-2)24-15-17-13-19(27-4)20(28-5)14-18(17)26-3/h13-14,16H,6-12,15H2,1-5H3,(H2,22,23,24). The fourth-order valence-electron chi connectivity index (χ4n) is 3.43. The first-order valence-corrected chi connectivity index (χ1v) is 10.1. The highest BCUT2D eigenvalue weighted by Gasteiger charge is 2.15. The maximum atomic E-state index is 5.49. The molecule has 28 heavy (non-hydrogen) atoms. The molecule has 0 aliphatic carbocycles. The molecule has 1 fully saturated rings. The summed E-state index contributed by atoms with van der Waals surface area (Å²) in [7, 11) is 6.68. The normalized spacial score (nSPS) is 16.0. The molecule has 0 atom stereocenters. The lowest BCUT2D eigenvalue weighted by Gasteiger charge is -2.30. The minimum absolute atomic E-state index is 0.577. The first-order chi connectivity index (χ1) is 13.6. The van der Waals surface area contributed by atoms with Crippen LogP contribution >= 0.6 is 0 Å². The monoisotopic (exact) mass is 392 g/mol. The molecule has 1 aromatic rings. The van der Waals surface area contributed by atoms with Gasteiger partial charge in [0.2, 0.25) is 0 Å². The van der Waals surface area contributed by atoms with Gasteiger partial charge >= 0.3 is 0 Å². The van der Waals surface area contributed by atoms with Crippen LogP contribution in [0.4, 0.5) is 0 Å². The van der Waals surface area contributed by atoms with Gasteiger partial charge in [0, 0.05) is 31.8 Å². The molecule has 0 saturated carbocycles. The van der Waals surface area contributed by atoms with E-state index in [-0.39, 0.29) is 0 Å². The summed E-state index contributed by atoms with van der Waals surface area (Å²) in [6.07, 6.45) is 3.75. The molecule has 1 saturated heterocycles. The number of nitrogens with one attached hydrogen (secondary N) is 2. The molecule has 0 spiro atoms. The summed E-state index contributed by atoms with van der Waals surface area (Å²) in [6.45, 7) is 7.42. The summed E-state index contributed by atoms with van der Waals surface area (Å²) < 4.78 is 16.2. The van der Waals surface area contributed by atoms with Crippen LogP contribution in [0.15, 0.2) is 17.1 Å². The average Bonchev–Trinajstić information content (AvgIpc) is 2.73. The molecular weight excluding hydrogens is 356 g/mol. The number of benzene rings is 1. The second kappa shape index (κ2) is 11.6. The number of hydrogen-bond acceptors (Lipinski definition) is 5. The van der Waals surface area contributed by atoms with Crippen molar-refractivity contribution in [2.24, 2.45) is 10.9 Å². The number of hydrogen-bond donors (Lipinski definition) is 2. The highest BCUT2D eigenvalue weighted by atomic mass is 16.5. The van der Waals surface area contributed by atoms with Crippen LogP contribution in [-0.4, -0.2) is 65.4 Å². The van der Waals surface area contributed by atoms with Crippen LogP contribution in [0.25, 0.3) is 0 Å². The SMILES string of the molecule is CN=C(NCCCN1CCC(C)CC1)NCc1cc(OC)c(OC)cc1OC. The third-order valence-electron chi connectivity index (χ3n) is 5.28. The van der Waals surface area contributed by atoms with Crippen molar-refractivity contribution < 1.29 is 14.2 Å². The van der Waals surface area contributed by atoms with Gasteiger partial charge in [-0.25, -0.2) is 0 Å². The van der Waals surface area contributed by atoms with Crippen molar-refractivity contribution >= 4 is 5.96 Å². The van der Waals surface area contributed by atoms with E-state index in [1.807, 2.05) is 12.1 Å². The van der Waals surface area contributed by atoms with Gasteiger partial charge < -0.3 is 29.7 Å². The van der Waals surface area contributed by atoms with E-state index in [1.54, 1.807) is 28.4 Å². The van der Waals surface area contributed by atoms with E-state index in [9.17, 15) is 0 Å². The second-order valence-electron chi connectivity index (χ2n) is 7.25. The number of likely N-dealkylation sites (tertiary alicyclic amines) is 1. The molecule has 7 nitrogen and oxygen atoms in total. The molecular formula is C21H36N4O3. The summed E-state index contributed by atoms with van der Waals surface area (Å²) in [5.41, 5.74) is 0.977. The molecule has 0 aromatic heterocycles. The number of methoxy groups -OCH3 is 3. The molecule has 2 N–H and O–H groups in total. The van der Waals surface area contributed by atoms with E-state index in [1.165, 1.54) is 25.9 Å². The number of aliphatic imine (C=N–C) groups is 1. The zero-order valence-corrected chi connectivity index (χ0v) is 18.0. The van der Waals surface area contributed by atoms with Gasteiger partial charge in [0.25, 0.3) is 0 Å². The molecule has 1 aliphatic rings. The van der Waals surface area contributed by atoms with Crippen molar-refractivity contribution in [3.05, 3.63) is 17.7 Å². The number of ether oxygens (including phenoxy) is 3. The van der Waals surface area contributed by atoms with E-state index in [0.717, 1.165) is 42.7 Å². The molecule has 7 heteroatoms. The molecule has 2 rings (SSSR count). The van der Waals surface area contributed by atoms with Gasteiger partial charge in [-0.2, -0.15) is 0 Å². The Labute approximate surface area is 169 Å². The van der Waals surface area contributed by atoms with E-state index >= 15 is 0 Å². The van der Waals surface area contributed by atoms with Crippen LogP contribution in [0.3, 0.4) is 0 Å². The topological polar surface area (TPSA) is 67.4 Å². The van der Waals surface area contributed by atoms with Crippen LogP contribution in [0, 0.1) is 5.92 Å². The lowest BCUT2D eigenvalue weighted by molar-refractivity contribution is 0.191. The minimum atomic E-state index is 0.577. The number of guanidine groups is 1. The van der Waals surface area contributed by atoms with E-state index in [4.69, 9.17) is 14.2 Å². The van der Waals surface area contributed by atoms with Crippen LogP contribution in [-0.2, 0) is 6.54 Å². The minimum Gasteiger partial charge on any atom is -0.496 e. The molecule has 158 valence electrons. The first-order valence-electron chi connectivity index (χ1n) is 10.1. The van der Waals surface area contributed by atoms with Crippen molar-refractivity contribution in [1.29, 1.82) is 0 Å². The van der Waals surface area contributed by atoms with Crippen molar-refractivity contribution in [1.82, 2.24) is 15.5 Å². The van der Waals surface area contributed by atoms with Gasteiger partial charge in [-0.05, 0) is 50.9 Å². The number of piperidine rings is 1. The van der Waals surface area contributed by atoms with Gasteiger partial charge in [-0.3, -0.25) is 4.99 Å². The van der Waals surface area contributed by atoms with E-state index < -0.39 is 0 Å². The van der Waals surface area contributed by atoms with E-state index in [2.05, 4.69) is 27.4 Å². The van der Waals surface area contributed by atoms with Crippen LogP contribution in [0.1, 0.15) is 31.7 Å². The fourth-order valence-corrected chi connectivity index (χ4v) is 3.43. The molecule has 0 bridgehead atoms. The number of nitrogens with zero attached hydrogens (tertiary/aromatic N) is 2. The summed E-state index contributed by atoms with van der Waals surface area (Å²) in [4.78, 5) is 6.88. The van der Waals surface area contributed by atoms with Crippen molar-refractivity contribution in [2.45, 2.75) is 32.7 Å². The fraction of sp³-hybridized carbons (Fsp3) is 0.667. The lowest BCUT2D eigenvalue weighted by atomic mass is 9.99. The van der Waals surface area contributed by atoms with Crippen molar-refractivity contribution in [3.8, 4) is 17.2 Å². The van der Waals surface area contributed by atoms with Gasteiger partial charge in [0.15, 0.2) is 17.5 Å². The summed E-state index contributed by atoms with van der Waals surface area (Å²) >= 11 is 0. The van der Waals surface area contributed by atoms with E-state index in [0.29, 0.717) is 18.0 Å². The third kappa shape index (κ3) is 6.48. The maximum Gasteiger partial charge on any atom is 0.191 e. The molecule has 1 heterocycles. The Balaban J connectivity index is 1.80. The smallest absolute Gasteiger partial charge is 0.191 e. The lowest BCUT2D eigenvalue weighted by Crippen LogP contribution is -2.39. The van der Waals surface area contributed by atoms with Crippen molar-refractivity contribution in [3.63, 3.8) is 0 Å². The Bertz CT molecular complexity index is 628. The predicted molar refractivity (Wildman–Crippen MR) is 114 cm³/mol. The third-order valence-corrected chi connectivity index (χ3v) is 5.28. The maximum absolute atomic E-state index is 5.49. The van der Waals surface area contributed by atoms with Crippen molar-refractivity contribution in [2.75, 3.05) is 54.6 Å². The highest BCUT2D eigenvalue weighted by Crippen LogP contribution is 2.34. The van der Waals surface area contributed by atoms with Gasteiger partial charge in [-0.15, -0.1) is 0 Å². The van der Waals surface area contributed by atoms with Crippen LogP contribution < -0.4 is 24.8 Å². The van der Waals surface area contributed by atoms with Gasteiger partial charge in [-0.1, -0.05) is 6.92 Å². The van der Waals surface area contributed by atoms with Gasteiger partial charge in [0.05, 0.1) is 21.3 Å².